The first kappa shape index (κ1) is 24.0. The highest BCUT2D eigenvalue weighted by molar-refractivity contribution is 5.92. The van der Waals surface area contributed by atoms with E-state index in [9.17, 15) is 18.7 Å². The predicted octanol–water partition coefficient (Wildman–Crippen LogP) is 4.60. The molecule has 1 atom stereocenters. The number of hydrogen-bond donors (Lipinski definition) is 1. The van der Waals surface area contributed by atoms with Crippen molar-refractivity contribution >= 4 is 22.6 Å². The minimum Gasteiger partial charge on any atom is -0.383 e. The summed E-state index contributed by atoms with van der Waals surface area (Å²) in [5, 5.41) is 11.1. The zero-order valence-electron chi connectivity index (χ0n) is 19.7. The molecule has 1 aliphatic rings. The van der Waals surface area contributed by atoms with Gasteiger partial charge in [0.2, 0.25) is 0 Å². The van der Waals surface area contributed by atoms with Crippen LogP contribution >= 0.6 is 0 Å². The smallest absolute Gasteiger partial charge is 0.264 e. The van der Waals surface area contributed by atoms with E-state index in [1.807, 2.05) is 39.0 Å². The van der Waals surface area contributed by atoms with Crippen LogP contribution in [0.5, 0.6) is 0 Å². The lowest BCUT2D eigenvalue weighted by molar-refractivity contribution is -0.141. The summed E-state index contributed by atoms with van der Waals surface area (Å²) in [5.74, 6) is 0.905. The lowest BCUT2D eigenvalue weighted by Crippen LogP contribution is -2.52. The van der Waals surface area contributed by atoms with Gasteiger partial charge in [0.25, 0.3) is 12.3 Å². The molecule has 1 unspecified atom stereocenters. The van der Waals surface area contributed by atoms with Crippen LogP contribution in [-0.2, 0) is 4.79 Å². The fraction of sp³-hybridized carbons (Fsp3) is 0.423. The molecule has 4 rings (SSSR count). The van der Waals surface area contributed by atoms with E-state index in [0.29, 0.717) is 49.5 Å². The molecule has 34 heavy (non-hydrogen) atoms. The van der Waals surface area contributed by atoms with Gasteiger partial charge in [-0.2, -0.15) is 0 Å². The number of amides is 1. The van der Waals surface area contributed by atoms with E-state index in [1.54, 1.807) is 23.1 Å². The van der Waals surface area contributed by atoms with Gasteiger partial charge in [0.05, 0.1) is 5.52 Å². The summed E-state index contributed by atoms with van der Waals surface area (Å²) in [6, 6.07) is 12.2. The van der Waals surface area contributed by atoms with Crippen molar-refractivity contribution in [3.05, 3.63) is 53.6 Å². The van der Waals surface area contributed by atoms with Crippen molar-refractivity contribution in [3.8, 4) is 11.4 Å². The van der Waals surface area contributed by atoms with E-state index in [4.69, 9.17) is 4.98 Å². The van der Waals surface area contributed by atoms with E-state index in [-0.39, 0.29) is 23.2 Å². The Morgan fingerprint density at radius 1 is 1.06 bits per heavy atom. The topological polar surface area (TPSA) is 69.6 Å². The first-order chi connectivity index (χ1) is 16.2. The second kappa shape index (κ2) is 10.0. The molecular formula is C26H30F2N4O2. The Labute approximate surface area is 198 Å². The molecule has 1 aromatic heterocycles. The summed E-state index contributed by atoms with van der Waals surface area (Å²) in [6.45, 7) is 7.86. The third-order valence-corrected chi connectivity index (χ3v) is 6.14. The van der Waals surface area contributed by atoms with E-state index in [2.05, 4.69) is 9.88 Å². The summed E-state index contributed by atoms with van der Waals surface area (Å²) in [7, 11) is 0. The molecule has 1 fully saturated rings. The highest BCUT2D eigenvalue weighted by atomic mass is 19.3. The van der Waals surface area contributed by atoms with Gasteiger partial charge in [0.15, 0.2) is 5.82 Å². The largest absolute Gasteiger partial charge is 0.383 e. The Balaban J connectivity index is 1.66. The summed E-state index contributed by atoms with van der Waals surface area (Å²) in [4.78, 5) is 25.7. The van der Waals surface area contributed by atoms with Gasteiger partial charge >= 0.3 is 0 Å². The summed E-state index contributed by atoms with van der Waals surface area (Å²) in [6.07, 6.45) is -3.20. The number of rotatable bonds is 6. The van der Waals surface area contributed by atoms with Crippen LogP contribution in [0.1, 0.15) is 37.8 Å². The number of aryl methyl sites for hydroxylation is 1. The van der Waals surface area contributed by atoms with E-state index >= 15 is 0 Å². The molecule has 1 amide bonds. The number of benzene rings is 2. The van der Waals surface area contributed by atoms with E-state index in [0.717, 1.165) is 10.9 Å². The van der Waals surface area contributed by atoms with Gasteiger partial charge in [-0.15, -0.1) is 0 Å². The SMILES string of the molecule is Cc1ccc2c(N3CCN(C(=O)C(O)CC(C)C)CC3)nc(-c3ccccc3C(F)F)nc2c1. The Bertz CT molecular complexity index is 1180. The molecule has 0 radical (unpaired) electrons. The van der Waals surface area contributed by atoms with Crippen LogP contribution in [0.3, 0.4) is 0 Å². The van der Waals surface area contributed by atoms with Gasteiger partial charge in [-0.05, 0) is 37.0 Å². The number of aliphatic hydroxyl groups is 1. The molecule has 3 aromatic rings. The first-order valence-corrected chi connectivity index (χ1v) is 11.6. The summed E-state index contributed by atoms with van der Waals surface area (Å²) < 4.78 is 27.4. The highest BCUT2D eigenvalue weighted by Crippen LogP contribution is 2.33. The second-order valence-corrected chi connectivity index (χ2v) is 9.24. The molecule has 180 valence electrons. The molecule has 0 spiro atoms. The number of halogens is 2. The molecular weight excluding hydrogens is 438 g/mol. The number of alkyl halides is 2. The number of fused-ring (bicyclic) bond motifs is 1. The molecule has 2 heterocycles. The van der Waals surface area contributed by atoms with Gasteiger partial charge in [-0.1, -0.05) is 44.2 Å². The van der Waals surface area contributed by atoms with Crippen molar-refractivity contribution in [3.63, 3.8) is 0 Å². The first-order valence-electron chi connectivity index (χ1n) is 11.6. The number of aliphatic hydroxyl groups excluding tert-OH is 1. The van der Waals surface area contributed by atoms with Crippen molar-refractivity contribution in [1.82, 2.24) is 14.9 Å². The number of nitrogens with zero attached hydrogens (tertiary/aromatic N) is 4. The van der Waals surface area contributed by atoms with Crippen molar-refractivity contribution < 1.29 is 18.7 Å². The molecule has 6 nitrogen and oxygen atoms in total. The minimum absolute atomic E-state index is 0.102. The van der Waals surface area contributed by atoms with Gasteiger partial charge < -0.3 is 14.9 Å². The Morgan fingerprint density at radius 2 is 1.76 bits per heavy atom. The quantitative estimate of drug-likeness (QED) is 0.573. The normalized spacial score (nSPS) is 15.4. The fourth-order valence-electron chi connectivity index (χ4n) is 4.37. The van der Waals surface area contributed by atoms with Gasteiger partial charge in [-0.3, -0.25) is 4.79 Å². The average molecular weight is 469 g/mol. The second-order valence-electron chi connectivity index (χ2n) is 9.24. The zero-order valence-corrected chi connectivity index (χ0v) is 19.7. The minimum atomic E-state index is -2.64. The van der Waals surface area contributed by atoms with Crippen molar-refractivity contribution in [2.24, 2.45) is 5.92 Å². The molecule has 0 bridgehead atoms. The van der Waals surface area contributed by atoms with E-state index < -0.39 is 12.5 Å². The van der Waals surface area contributed by atoms with Gasteiger partial charge in [0.1, 0.15) is 11.9 Å². The van der Waals surface area contributed by atoms with Gasteiger partial charge in [0, 0.05) is 42.7 Å². The number of anilines is 1. The predicted molar refractivity (Wildman–Crippen MR) is 129 cm³/mol. The molecule has 8 heteroatoms. The number of piperazine rings is 1. The highest BCUT2D eigenvalue weighted by Gasteiger charge is 2.28. The molecule has 0 saturated carbocycles. The number of aromatic nitrogens is 2. The van der Waals surface area contributed by atoms with Crippen LogP contribution in [0, 0.1) is 12.8 Å². The number of carbonyl (C=O) groups is 1. The number of carbonyl (C=O) groups excluding carboxylic acids is 1. The van der Waals surface area contributed by atoms with E-state index in [1.165, 1.54) is 6.07 Å². The molecule has 1 aliphatic heterocycles. The van der Waals surface area contributed by atoms with Crippen molar-refractivity contribution in [1.29, 1.82) is 0 Å². The Morgan fingerprint density at radius 3 is 2.44 bits per heavy atom. The lowest BCUT2D eigenvalue weighted by Gasteiger charge is -2.37. The standard InChI is InChI=1S/C26H30F2N4O2/c1-16(2)14-22(33)26(34)32-12-10-31(11-13-32)25-20-9-8-17(3)15-21(20)29-24(30-25)19-7-5-4-6-18(19)23(27)28/h4-9,15-16,22-23,33H,10-14H2,1-3H3. The number of hydrogen-bond acceptors (Lipinski definition) is 5. The van der Waals surface area contributed by atoms with Crippen LogP contribution in [-0.4, -0.2) is 58.2 Å². The van der Waals surface area contributed by atoms with Crippen molar-refractivity contribution in [2.75, 3.05) is 31.1 Å². The molecule has 1 N–H and O–H groups in total. The molecule has 1 saturated heterocycles. The van der Waals surface area contributed by atoms with Crippen LogP contribution in [0.2, 0.25) is 0 Å². The average Bonchev–Trinajstić information content (AvgIpc) is 2.82. The maximum Gasteiger partial charge on any atom is 0.264 e. The van der Waals surface area contributed by atoms with Crippen molar-refractivity contribution in [2.45, 2.75) is 39.7 Å². The van der Waals surface area contributed by atoms with Crippen LogP contribution < -0.4 is 4.90 Å². The molecule has 2 aromatic carbocycles. The van der Waals surface area contributed by atoms with Gasteiger partial charge in [-0.25, -0.2) is 18.7 Å². The zero-order chi connectivity index (χ0) is 24.4. The molecule has 0 aliphatic carbocycles. The third kappa shape index (κ3) is 5.01. The Kier molecular flexibility index (Phi) is 7.07. The summed E-state index contributed by atoms with van der Waals surface area (Å²) in [5.41, 5.74) is 1.91. The maximum atomic E-state index is 13.7. The van der Waals surface area contributed by atoms with Crippen LogP contribution in [0.25, 0.3) is 22.3 Å². The Hall–Kier alpha value is -3.13. The monoisotopic (exact) mass is 468 g/mol. The summed E-state index contributed by atoms with van der Waals surface area (Å²) >= 11 is 0. The van der Waals surface area contributed by atoms with Crippen LogP contribution in [0.15, 0.2) is 42.5 Å². The van der Waals surface area contributed by atoms with Crippen LogP contribution in [0.4, 0.5) is 14.6 Å². The maximum absolute atomic E-state index is 13.7. The fourth-order valence-corrected chi connectivity index (χ4v) is 4.37. The third-order valence-electron chi connectivity index (χ3n) is 6.14. The lowest BCUT2D eigenvalue weighted by atomic mass is 10.0.